The topological polar surface area (TPSA) is 68.5 Å². The van der Waals surface area contributed by atoms with Crippen molar-refractivity contribution in [3.05, 3.63) is 68.5 Å². The van der Waals surface area contributed by atoms with Gasteiger partial charge in [0.05, 0.1) is 5.69 Å². The van der Waals surface area contributed by atoms with Crippen LogP contribution in [0.15, 0.2) is 56.1 Å². The zero-order chi connectivity index (χ0) is 18.8. The maximum atomic E-state index is 12.4. The Kier molecular flexibility index (Phi) is 5.13. The molecule has 134 valence electrons. The van der Waals surface area contributed by atoms with Crippen LogP contribution in [0.5, 0.6) is 5.75 Å². The fourth-order valence-corrected chi connectivity index (χ4v) is 3.18. The molecule has 3 aromatic rings. The molecule has 1 aromatic heterocycles. The number of benzene rings is 2. The van der Waals surface area contributed by atoms with E-state index in [1.807, 2.05) is 38.1 Å². The van der Waals surface area contributed by atoms with Gasteiger partial charge in [0.15, 0.2) is 6.10 Å². The largest absolute Gasteiger partial charge is 0.481 e. The maximum Gasteiger partial charge on any atom is 0.336 e. The lowest BCUT2D eigenvalue weighted by atomic mass is 10.1. The Balaban J connectivity index is 1.76. The molecule has 5 nitrogen and oxygen atoms in total. The van der Waals surface area contributed by atoms with Crippen molar-refractivity contribution >= 4 is 38.5 Å². The Bertz CT molecular complexity index is 1040. The van der Waals surface area contributed by atoms with Crippen LogP contribution < -0.4 is 15.7 Å². The highest BCUT2D eigenvalue weighted by Gasteiger charge is 2.16. The summed E-state index contributed by atoms with van der Waals surface area (Å²) in [6, 6.07) is 12.3. The zero-order valence-electron chi connectivity index (χ0n) is 14.6. The molecule has 0 saturated heterocycles. The lowest BCUT2D eigenvalue weighted by Crippen LogP contribution is -2.30. The molecule has 2 aromatic carbocycles. The molecule has 1 atom stereocenters. The summed E-state index contributed by atoms with van der Waals surface area (Å²) in [4.78, 5) is 23.9. The predicted octanol–water partition coefficient (Wildman–Crippen LogP) is 4.58. The van der Waals surface area contributed by atoms with Gasteiger partial charge in [-0.2, -0.15) is 0 Å². The first-order valence-electron chi connectivity index (χ1n) is 8.11. The van der Waals surface area contributed by atoms with E-state index in [-0.39, 0.29) is 5.91 Å². The molecular weight excluding hydrogens is 398 g/mol. The van der Waals surface area contributed by atoms with Crippen LogP contribution in [0.1, 0.15) is 18.1 Å². The van der Waals surface area contributed by atoms with Crippen molar-refractivity contribution in [3.63, 3.8) is 0 Å². The van der Waals surface area contributed by atoms with Crippen molar-refractivity contribution in [2.24, 2.45) is 0 Å². The third kappa shape index (κ3) is 3.96. The van der Waals surface area contributed by atoms with E-state index in [4.69, 9.17) is 9.15 Å². The normalized spacial score (nSPS) is 12.0. The summed E-state index contributed by atoms with van der Waals surface area (Å²) in [7, 11) is 0. The predicted molar refractivity (Wildman–Crippen MR) is 105 cm³/mol. The first kappa shape index (κ1) is 18.2. The number of halogens is 1. The second-order valence-electron chi connectivity index (χ2n) is 6.14. The minimum Gasteiger partial charge on any atom is -0.481 e. The highest BCUT2D eigenvalue weighted by molar-refractivity contribution is 9.10. The van der Waals surface area contributed by atoms with Crippen LogP contribution in [0, 0.1) is 13.8 Å². The summed E-state index contributed by atoms with van der Waals surface area (Å²) < 4.78 is 11.7. The molecular formula is C20H18BrNO4. The van der Waals surface area contributed by atoms with Crippen molar-refractivity contribution in [1.82, 2.24) is 0 Å². The van der Waals surface area contributed by atoms with E-state index in [0.717, 1.165) is 21.0 Å². The zero-order valence-corrected chi connectivity index (χ0v) is 16.2. The average molecular weight is 416 g/mol. The second-order valence-corrected chi connectivity index (χ2v) is 6.99. The van der Waals surface area contributed by atoms with Gasteiger partial charge >= 0.3 is 5.63 Å². The van der Waals surface area contributed by atoms with Crippen LogP contribution in [0.3, 0.4) is 0 Å². The van der Waals surface area contributed by atoms with Gasteiger partial charge in [-0.25, -0.2) is 4.79 Å². The fourth-order valence-electron chi connectivity index (χ4n) is 2.59. The molecule has 0 fully saturated rings. The van der Waals surface area contributed by atoms with E-state index in [0.29, 0.717) is 17.0 Å². The third-order valence-electron chi connectivity index (χ3n) is 3.99. The molecule has 0 radical (unpaired) electrons. The van der Waals surface area contributed by atoms with Gasteiger partial charge in [-0.3, -0.25) is 4.79 Å². The summed E-state index contributed by atoms with van der Waals surface area (Å²) in [6.45, 7) is 5.48. The number of nitrogens with one attached hydrogen (secondary N) is 1. The van der Waals surface area contributed by atoms with Gasteiger partial charge in [-0.15, -0.1) is 0 Å². The van der Waals surface area contributed by atoms with Gasteiger partial charge in [0.1, 0.15) is 11.3 Å². The molecule has 0 aliphatic carbocycles. The van der Waals surface area contributed by atoms with Gasteiger partial charge < -0.3 is 14.5 Å². The number of aryl methyl sites for hydroxylation is 2. The van der Waals surface area contributed by atoms with Gasteiger partial charge in [0.25, 0.3) is 5.91 Å². The molecule has 6 heteroatoms. The van der Waals surface area contributed by atoms with Crippen LogP contribution in [0.2, 0.25) is 0 Å². The van der Waals surface area contributed by atoms with Crippen molar-refractivity contribution in [3.8, 4) is 5.75 Å². The smallest absolute Gasteiger partial charge is 0.336 e. The Morgan fingerprint density at radius 2 is 1.92 bits per heavy atom. The van der Waals surface area contributed by atoms with Gasteiger partial charge in [0.2, 0.25) is 0 Å². The number of rotatable bonds is 4. The first-order valence-corrected chi connectivity index (χ1v) is 8.91. The van der Waals surface area contributed by atoms with Crippen LogP contribution >= 0.6 is 15.9 Å². The molecule has 1 unspecified atom stereocenters. The monoisotopic (exact) mass is 415 g/mol. The van der Waals surface area contributed by atoms with E-state index in [2.05, 4.69) is 21.2 Å². The number of fused-ring (bicyclic) bond motifs is 1. The number of carbonyl (C=O) groups is 1. The summed E-state index contributed by atoms with van der Waals surface area (Å²) >= 11 is 3.43. The van der Waals surface area contributed by atoms with Crippen LogP contribution in [-0.4, -0.2) is 12.0 Å². The van der Waals surface area contributed by atoms with Crippen LogP contribution in [-0.2, 0) is 4.79 Å². The molecule has 0 saturated carbocycles. The van der Waals surface area contributed by atoms with Gasteiger partial charge in [0, 0.05) is 22.0 Å². The van der Waals surface area contributed by atoms with E-state index in [9.17, 15) is 9.59 Å². The Morgan fingerprint density at radius 3 is 2.65 bits per heavy atom. The highest BCUT2D eigenvalue weighted by atomic mass is 79.9. The van der Waals surface area contributed by atoms with Gasteiger partial charge in [-0.1, -0.05) is 6.07 Å². The number of amides is 1. The van der Waals surface area contributed by atoms with E-state index >= 15 is 0 Å². The molecule has 3 rings (SSSR count). The molecule has 0 spiro atoms. The van der Waals surface area contributed by atoms with Crippen molar-refractivity contribution < 1.29 is 13.9 Å². The minimum absolute atomic E-state index is 0.277. The highest BCUT2D eigenvalue weighted by Crippen LogP contribution is 2.25. The summed E-state index contributed by atoms with van der Waals surface area (Å²) in [5.41, 5.74) is 2.62. The molecule has 0 aliphatic rings. The summed E-state index contributed by atoms with van der Waals surface area (Å²) in [5, 5.41) is 3.66. The Labute approximate surface area is 159 Å². The van der Waals surface area contributed by atoms with Crippen molar-refractivity contribution in [2.45, 2.75) is 26.9 Å². The second kappa shape index (κ2) is 7.33. The van der Waals surface area contributed by atoms with E-state index in [1.54, 1.807) is 19.1 Å². The standard InChI is InChI=1S/C20H18BrNO4/c1-11-4-7-17(16(21)8-11)22-20(24)13(3)25-14-5-6-15-12(2)9-19(23)26-18(15)10-14/h4-10,13H,1-3H3,(H,22,24). The SMILES string of the molecule is Cc1ccc(NC(=O)C(C)Oc2ccc3c(C)cc(=O)oc3c2)c(Br)c1. The molecule has 0 aliphatic heterocycles. The molecule has 1 N–H and O–H groups in total. The number of ether oxygens (including phenoxy) is 1. The van der Waals surface area contributed by atoms with E-state index < -0.39 is 11.7 Å². The Morgan fingerprint density at radius 1 is 1.15 bits per heavy atom. The first-order chi connectivity index (χ1) is 12.3. The molecule has 1 amide bonds. The molecule has 26 heavy (non-hydrogen) atoms. The third-order valence-corrected chi connectivity index (χ3v) is 4.64. The lowest BCUT2D eigenvalue weighted by Gasteiger charge is -2.16. The van der Waals surface area contributed by atoms with Crippen molar-refractivity contribution in [1.29, 1.82) is 0 Å². The van der Waals surface area contributed by atoms with Gasteiger partial charge in [-0.05, 0) is 72.1 Å². The lowest BCUT2D eigenvalue weighted by molar-refractivity contribution is -0.122. The van der Waals surface area contributed by atoms with Crippen LogP contribution in [0.25, 0.3) is 11.0 Å². The average Bonchev–Trinajstić information content (AvgIpc) is 2.56. The minimum atomic E-state index is -0.725. The van der Waals surface area contributed by atoms with Crippen LogP contribution in [0.4, 0.5) is 5.69 Å². The number of hydrogen-bond acceptors (Lipinski definition) is 4. The Hall–Kier alpha value is -2.60. The molecule has 0 bridgehead atoms. The number of carbonyl (C=O) groups excluding carboxylic acids is 1. The van der Waals surface area contributed by atoms with Crippen molar-refractivity contribution in [2.75, 3.05) is 5.32 Å². The fraction of sp³-hybridized carbons (Fsp3) is 0.200. The molecule has 1 heterocycles. The summed E-state index contributed by atoms with van der Waals surface area (Å²) in [5.74, 6) is 0.178. The number of anilines is 1. The number of hydrogen-bond donors (Lipinski definition) is 1. The quantitative estimate of drug-likeness (QED) is 0.633. The summed E-state index contributed by atoms with van der Waals surface area (Å²) in [6.07, 6.45) is -0.725. The maximum absolute atomic E-state index is 12.4. The van der Waals surface area contributed by atoms with E-state index in [1.165, 1.54) is 6.07 Å².